The van der Waals surface area contributed by atoms with Gasteiger partial charge in [0.1, 0.15) is 5.71 Å². The molecule has 0 aliphatic carbocycles. The van der Waals surface area contributed by atoms with Crippen LogP contribution in [0.4, 0.5) is 0 Å². The number of diazo groups is 1. The predicted molar refractivity (Wildman–Crippen MR) is 41.3 cm³/mol. The second-order valence-corrected chi connectivity index (χ2v) is 2.20. The van der Waals surface area contributed by atoms with Crippen LogP contribution in [0.3, 0.4) is 0 Å². The van der Waals surface area contributed by atoms with Crippen molar-refractivity contribution in [2.75, 3.05) is 5.75 Å². The Morgan fingerprint density at radius 3 is 2.89 bits per heavy atom. The van der Waals surface area contributed by atoms with E-state index in [0.29, 0.717) is 0 Å². The molecule has 0 fully saturated rings. The van der Waals surface area contributed by atoms with Gasteiger partial charge < -0.3 is 0 Å². The molecule has 3 nitrogen and oxygen atoms in total. The standard InChI is InChI=1S/C5H9N3S/c1-5(7-8-6)3-2-4-9/h2-4H2,1H3/p+1/b7-5+. The molecule has 0 saturated carbocycles. The summed E-state index contributed by atoms with van der Waals surface area (Å²) in [5, 5.41) is 14.0. The molecule has 0 atom stereocenters. The van der Waals surface area contributed by atoms with Gasteiger partial charge in [0, 0.05) is 0 Å². The van der Waals surface area contributed by atoms with Gasteiger partial charge in [-0.25, -0.2) is 0 Å². The third-order valence-corrected chi connectivity index (χ3v) is 1.23. The number of nitrogens with zero attached hydrogens (tertiary/aromatic N) is 3. The van der Waals surface area contributed by atoms with E-state index in [1.807, 2.05) is 6.92 Å². The molecule has 0 unspecified atom stereocenters. The summed E-state index contributed by atoms with van der Waals surface area (Å²) in [6.07, 6.45) is 1.83. The van der Waals surface area contributed by atoms with E-state index < -0.39 is 0 Å². The highest BCUT2D eigenvalue weighted by atomic mass is 32.1. The van der Waals surface area contributed by atoms with Gasteiger partial charge in [0.05, 0.1) is 0 Å². The second-order valence-electron chi connectivity index (χ2n) is 1.75. The van der Waals surface area contributed by atoms with Gasteiger partial charge in [0.25, 0.3) is 5.39 Å². The van der Waals surface area contributed by atoms with Crippen LogP contribution in [0.5, 0.6) is 0 Å². The van der Waals surface area contributed by atoms with Crippen molar-refractivity contribution in [1.82, 2.24) is 0 Å². The van der Waals surface area contributed by atoms with Gasteiger partial charge in [-0.3, -0.25) is 0 Å². The summed E-state index contributed by atoms with van der Waals surface area (Å²) in [4.78, 5) is 0. The van der Waals surface area contributed by atoms with Crippen LogP contribution in [0.25, 0.3) is 5.08 Å². The third-order valence-electron chi connectivity index (χ3n) is 0.912. The first kappa shape index (κ1) is 8.44. The average molecular weight is 144 g/mol. The first-order valence-corrected chi connectivity index (χ1v) is 3.43. The third kappa shape index (κ3) is 5.31. The van der Waals surface area contributed by atoms with Crippen molar-refractivity contribution in [2.45, 2.75) is 19.8 Å². The van der Waals surface area contributed by atoms with E-state index >= 15 is 0 Å². The van der Waals surface area contributed by atoms with Crippen molar-refractivity contribution in [2.24, 2.45) is 5.10 Å². The van der Waals surface area contributed by atoms with Crippen LogP contribution in [0, 0.1) is 5.39 Å². The first-order valence-electron chi connectivity index (χ1n) is 2.79. The molecular formula is C5H10N3S+. The summed E-state index contributed by atoms with van der Waals surface area (Å²) >= 11 is 4.02. The fourth-order valence-corrected chi connectivity index (χ4v) is 0.619. The molecule has 0 aliphatic heterocycles. The lowest BCUT2D eigenvalue weighted by Crippen LogP contribution is -1.89. The molecule has 0 aromatic heterocycles. The van der Waals surface area contributed by atoms with E-state index in [1.165, 1.54) is 0 Å². The van der Waals surface area contributed by atoms with Gasteiger partial charge in [-0.15, -0.1) is 0 Å². The zero-order valence-corrected chi connectivity index (χ0v) is 6.30. The lowest BCUT2D eigenvalue weighted by atomic mass is 10.2. The fourth-order valence-electron chi connectivity index (χ4n) is 0.461. The molecule has 0 bridgehead atoms. The number of hydrogen-bond donors (Lipinski definition) is 1. The zero-order chi connectivity index (χ0) is 7.11. The van der Waals surface area contributed by atoms with Crippen LogP contribution >= 0.6 is 12.6 Å². The Kier molecular flexibility index (Phi) is 5.23. The quantitative estimate of drug-likeness (QED) is 0.279. The highest BCUT2D eigenvalue weighted by molar-refractivity contribution is 7.80. The minimum Gasteiger partial charge on any atom is -0.179 e. The minimum atomic E-state index is 0.839. The average Bonchev–Trinajstić information content (AvgIpc) is 1.85. The summed E-state index contributed by atoms with van der Waals surface area (Å²) in [7, 11) is 0. The van der Waals surface area contributed by atoms with E-state index in [-0.39, 0.29) is 0 Å². The molecule has 9 heavy (non-hydrogen) atoms. The lowest BCUT2D eigenvalue weighted by Gasteiger charge is -1.87. The van der Waals surface area contributed by atoms with Crippen molar-refractivity contribution in [1.29, 1.82) is 5.39 Å². The molecule has 0 aliphatic rings. The SMILES string of the molecule is C/C(CCCS)=N\[N+]#N. The Bertz CT molecular complexity index is 136. The lowest BCUT2D eigenvalue weighted by molar-refractivity contribution is 1.00. The largest absolute Gasteiger partial charge is 0.338 e. The van der Waals surface area contributed by atoms with Gasteiger partial charge in [-0.05, 0) is 25.5 Å². The first-order chi connectivity index (χ1) is 4.31. The van der Waals surface area contributed by atoms with E-state index in [1.54, 1.807) is 0 Å². The molecule has 50 valence electrons. The molecular weight excluding hydrogens is 134 g/mol. The maximum absolute atomic E-state index is 7.95. The van der Waals surface area contributed by atoms with Crippen LogP contribution in [0.1, 0.15) is 19.8 Å². The van der Waals surface area contributed by atoms with Crippen LogP contribution in [-0.2, 0) is 0 Å². The maximum Gasteiger partial charge on any atom is 0.338 e. The summed E-state index contributed by atoms with van der Waals surface area (Å²) in [6.45, 7) is 1.82. The molecule has 0 saturated heterocycles. The van der Waals surface area contributed by atoms with Crippen molar-refractivity contribution < 1.29 is 0 Å². The Morgan fingerprint density at radius 2 is 2.44 bits per heavy atom. The van der Waals surface area contributed by atoms with Crippen molar-refractivity contribution >= 4 is 18.3 Å². The highest BCUT2D eigenvalue weighted by Crippen LogP contribution is 1.94. The molecule has 0 radical (unpaired) electrons. The van der Waals surface area contributed by atoms with E-state index in [2.05, 4.69) is 22.8 Å². The van der Waals surface area contributed by atoms with Crippen molar-refractivity contribution in [3.63, 3.8) is 0 Å². The Hall–Kier alpha value is -0.560. The summed E-state index contributed by atoms with van der Waals surface area (Å²) in [5.41, 5.74) is 0.839. The molecule has 0 aromatic carbocycles. The zero-order valence-electron chi connectivity index (χ0n) is 5.41. The molecule has 0 amide bonds. The number of hydrogen-bond acceptors (Lipinski definition) is 3. The van der Waals surface area contributed by atoms with Gasteiger partial charge >= 0.3 is 5.08 Å². The van der Waals surface area contributed by atoms with Crippen molar-refractivity contribution in [3.05, 3.63) is 5.08 Å². The Morgan fingerprint density at radius 1 is 1.78 bits per heavy atom. The Labute approximate surface area is 60.2 Å². The van der Waals surface area contributed by atoms with Gasteiger partial charge in [-0.1, -0.05) is 0 Å². The topological polar surface area (TPSA) is 40.5 Å². The smallest absolute Gasteiger partial charge is 0.179 e. The van der Waals surface area contributed by atoms with Crippen LogP contribution in [0.2, 0.25) is 0 Å². The Balaban J connectivity index is 3.40. The predicted octanol–water partition coefficient (Wildman–Crippen LogP) is 1.93. The summed E-state index contributed by atoms with van der Waals surface area (Å²) < 4.78 is 0. The number of rotatable bonds is 3. The van der Waals surface area contributed by atoms with E-state index in [4.69, 9.17) is 5.39 Å². The monoisotopic (exact) mass is 144 g/mol. The maximum atomic E-state index is 7.95. The number of thiol groups is 1. The van der Waals surface area contributed by atoms with Crippen LogP contribution in [0.15, 0.2) is 5.10 Å². The van der Waals surface area contributed by atoms with Gasteiger partial charge in [-0.2, -0.15) is 12.6 Å². The summed E-state index contributed by atoms with van der Waals surface area (Å²) in [5.74, 6) is 0.846. The summed E-state index contributed by atoms with van der Waals surface area (Å²) in [6, 6.07) is 0. The molecule has 4 heteroatoms. The van der Waals surface area contributed by atoms with E-state index in [9.17, 15) is 0 Å². The fraction of sp³-hybridized carbons (Fsp3) is 0.800. The normalized spacial score (nSPS) is 11.0. The van der Waals surface area contributed by atoms with E-state index in [0.717, 1.165) is 24.3 Å². The van der Waals surface area contributed by atoms with Gasteiger partial charge in [0.2, 0.25) is 0 Å². The minimum absolute atomic E-state index is 0.839. The second kappa shape index (κ2) is 5.57. The molecule has 0 rings (SSSR count). The van der Waals surface area contributed by atoms with Crippen LogP contribution in [-0.4, -0.2) is 11.5 Å². The van der Waals surface area contributed by atoms with Crippen molar-refractivity contribution in [3.8, 4) is 0 Å². The van der Waals surface area contributed by atoms with Crippen LogP contribution < -0.4 is 0 Å². The van der Waals surface area contributed by atoms with Gasteiger partial charge in [0.15, 0.2) is 5.10 Å². The molecule has 0 aromatic rings. The molecule has 0 heterocycles. The molecule has 0 spiro atoms. The highest BCUT2D eigenvalue weighted by Gasteiger charge is 1.94. The molecule has 0 N–H and O–H groups in total.